The van der Waals surface area contributed by atoms with Crippen molar-refractivity contribution < 1.29 is 4.79 Å². The number of nitrogens with zero attached hydrogens (tertiary/aromatic N) is 1. The van der Waals surface area contributed by atoms with Gasteiger partial charge < -0.3 is 10.2 Å². The van der Waals surface area contributed by atoms with E-state index < -0.39 is 0 Å². The van der Waals surface area contributed by atoms with E-state index in [1.807, 2.05) is 0 Å². The van der Waals surface area contributed by atoms with Gasteiger partial charge in [-0.05, 0) is 64.0 Å². The zero-order valence-electron chi connectivity index (χ0n) is 13.1. The number of amides is 1. The standard InChI is InChI=1S/C16H30N2O.ClH/c1-13-4-3-5-14(2)18(12-13)16(19)7-6-15-8-10-17-11-9-15;/h13-15,17H,3-12H2,1-2H3;1H. The van der Waals surface area contributed by atoms with Gasteiger partial charge in [0.2, 0.25) is 5.91 Å². The predicted molar refractivity (Wildman–Crippen MR) is 86.3 cm³/mol. The van der Waals surface area contributed by atoms with Gasteiger partial charge in [-0.3, -0.25) is 4.79 Å². The highest BCUT2D eigenvalue weighted by Gasteiger charge is 2.25. The second-order valence-corrected chi connectivity index (χ2v) is 6.66. The Hall–Kier alpha value is -0.280. The predicted octanol–water partition coefficient (Wildman–Crippen LogP) is 3.23. The Balaban J connectivity index is 0.00000200. The van der Waals surface area contributed by atoms with Crippen LogP contribution in [0.15, 0.2) is 0 Å². The number of piperidine rings is 1. The average Bonchev–Trinajstić information content (AvgIpc) is 2.59. The van der Waals surface area contributed by atoms with Crippen molar-refractivity contribution in [3.63, 3.8) is 0 Å². The van der Waals surface area contributed by atoms with Crippen molar-refractivity contribution in [2.45, 2.75) is 64.8 Å². The smallest absolute Gasteiger partial charge is 0.222 e. The molecule has 0 bridgehead atoms. The molecule has 0 saturated carbocycles. The lowest BCUT2D eigenvalue weighted by molar-refractivity contribution is -0.134. The molecule has 2 aliphatic heterocycles. The molecule has 0 spiro atoms. The van der Waals surface area contributed by atoms with Gasteiger partial charge in [0.25, 0.3) is 0 Å². The van der Waals surface area contributed by atoms with Gasteiger partial charge in [-0.15, -0.1) is 12.4 Å². The third kappa shape index (κ3) is 5.25. The molecule has 3 nitrogen and oxygen atoms in total. The van der Waals surface area contributed by atoms with Crippen LogP contribution in [0.1, 0.15) is 58.8 Å². The summed E-state index contributed by atoms with van der Waals surface area (Å²) >= 11 is 0. The maximum Gasteiger partial charge on any atom is 0.222 e. The summed E-state index contributed by atoms with van der Waals surface area (Å²) in [5, 5.41) is 3.39. The van der Waals surface area contributed by atoms with Gasteiger partial charge in [0.05, 0.1) is 0 Å². The van der Waals surface area contributed by atoms with Crippen LogP contribution in [-0.2, 0) is 4.79 Å². The molecule has 0 aromatic rings. The quantitative estimate of drug-likeness (QED) is 0.868. The summed E-state index contributed by atoms with van der Waals surface area (Å²) < 4.78 is 0. The molecule has 0 aliphatic carbocycles. The van der Waals surface area contributed by atoms with Gasteiger partial charge in [0, 0.05) is 19.0 Å². The first-order chi connectivity index (χ1) is 9.16. The lowest BCUT2D eigenvalue weighted by Gasteiger charge is -2.30. The fourth-order valence-corrected chi connectivity index (χ4v) is 3.51. The molecule has 2 heterocycles. The largest absolute Gasteiger partial charge is 0.340 e. The van der Waals surface area contributed by atoms with E-state index in [-0.39, 0.29) is 12.4 Å². The van der Waals surface area contributed by atoms with E-state index in [9.17, 15) is 4.79 Å². The maximum absolute atomic E-state index is 12.5. The summed E-state index contributed by atoms with van der Waals surface area (Å²) in [6, 6.07) is 0.450. The van der Waals surface area contributed by atoms with Crippen LogP contribution in [0.3, 0.4) is 0 Å². The van der Waals surface area contributed by atoms with Crippen LogP contribution < -0.4 is 5.32 Å². The van der Waals surface area contributed by atoms with Crippen molar-refractivity contribution in [3.8, 4) is 0 Å². The molecule has 1 N–H and O–H groups in total. The third-order valence-corrected chi connectivity index (χ3v) is 4.90. The van der Waals surface area contributed by atoms with Crippen LogP contribution in [0, 0.1) is 11.8 Å². The van der Waals surface area contributed by atoms with Crippen molar-refractivity contribution in [1.29, 1.82) is 0 Å². The lowest BCUT2D eigenvalue weighted by atomic mass is 9.93. The molecule has 0 aromatic heterocycles. The molecular formula is C16H31ClN2O. The molecular weight excluding hydrogens is 272 g/mol. The fourth-order valence-electron chi connectivity index (χ4n) is 3.51. The number of likely N-dealkylation sites (tertiary alicyclic amines) is 1. The first kappa shape index (κ1) is 17.8. The van der Waals surface area contributed by atoms with E-state index in [2.05, 4.69) is 24.1 Å². The van der Waals surface area contributed by atoms with E-state index >= 15 is 0 Å². The highest BCUT2D eigenvalue weighted by atomic mass is 35.5. The van der Waals surface area contributed by atoms with Crippen molar-refractivity contribution in [1.82, 2.24) is 10.2 Å². The maximum atomic E-state index is 12.5. The topological polar surface area (TPSA) is 32.3 Å². The Bertz CT molecular complexity index is 292. The Morgan fingerprint density at radius 2 is 1.85 bits per heavy atom. The number of hydrogen-bond donors (Lipinski definition) is 1. The minimum absolute atomic E-state index is 0. The molecule has 4 heteroatoms. The van der Waals surface area contributed by atoms with Gasteiger partial charge in [-0.2, -0.15) is 0 Å². The molecule has 2 atom stereocenters. The number of rotatable bonds is 3. The zero-order chi connectivity index (χ0) is 13.7. The number of halogens is 1. The summed E-state index contributed by atoms with van der Waals surface area (Å²) in [6.07, 6.45) is 8.10. The summed E-state index contributed by atoms with van der Waals surface area (Å²) in [4.78, 5) is 14.6. The van der Waals surface area contributed by atoms with Crippen LogP contribution in [0.4, 0.5) is 0 Å². The molecule has 2 rings (SSSR count). The van der Waals surface area contributed by atoms with Crippen molar-refractivity contribution in [3.05, 3.63) is 0 Å². The van der Waals surface area contributed by atoms with Crippen molar-refractivity contribution in [2.75, 3.05) is 19.6 Å². The molecule has 2 aliphatic rings. The summed E-state index contributed by atoms with van der Waals surface area (Å²) in [6.45, 7) is 7.75. The fraction of sp³-hybridized carbons (Fsp3) is 0.938. The van der Waals surface area contributed by atoms with Gasteiger partial charge in [0.1, 0.15) is 0 Å². The second kappa shape index (κ2) is 8.89. The minimum atomic E-state index is 0. The summed E-state index contributed by atoms with van der Waals surface area (Å²) in [5.74, 6) is 1.84. The molecule has 20 heavy (non-hydrogen) atoms. The van der Waals surface area contributed by atoms with Crippen LogP contribution in [0.5, 0.6) is 0 Å². The SMILES string of the molecule is CC1CCCC(C)N(C(=O)CCC2CCNCC2)C1.Cl. The molecule has 2 fully saturated rings. The zero-order valence-corrected chi connectivity index (χ0v) is 13.9. The Labute approximate surface area is 130 Å². The Morgan fingerprint density at radius 1 is 1.15 bits per heavy atom. The van der Waals surface area contributed by atoms with E-state index in [0.29, 0.717) is 17.9 Å². The van der Waals surface area contributed by atoms with Crippen molar-refractivity contribution in [2.24, 2.45) is 11.8 Å². The van der Waals surface area contributed by atoms with Crippen molar-refractivity contribution >= 4 is 18.3 Å². The van der Waals surface area contributed by atoms with Crippen LogP contribution in [0.25, 0.3) is 0 Å². The molecule has 2 unspecified atom stereocenters. The molecule has 118 valence electrons. The highest BCUT2D eigenvalue weighted by molar-refractivity contribution is 5.85. The lowest BCUT2D eigenvalue weighted by Crippen LogP contribution is -2.40. The second-order valence-electron chi connectivity index (χ2n) is 6.66. The van der Waals surface area contributed by atoms with Gasteiger partial charge in [-0.1, -0.05) is 13.3 Å². The van der Waals surface area contributed by atoms with Crippen LogP contribution in [0.2, 0.25) is 0 Å². The number of hydrogen-bond acceptors (Lipinski definition) is 2. The first-order valence-electron chi connectivity index (χ1n) is 8.17. The van der Waals surface area contributed by atoms with Gasteiger partial charge in [-0.25, -0.2) is 0 Å². The van der Waals surface area contributed by atoms with Crippen LogP contribution >= 0.6 is 12.4 Å². The summed E-state index contributed by atoms with van der Waals surface area (Å²) in [5.41, 5.74) is 0. The number of carbonyl (C=O) groups is 1. The van der Waals surface area contributed by atoms with Gasteiger partial charge >= 0.3 is 0 Å². The van der Waals surface area contributed by atoms with E-state index in [1.165, 1.54) is 32.1 Å². The number of carbonyl (C=O) groups excluding carboxylic acids is 1. The normalized spacial score (nSPS) is 28.6. The third-order valence-electron chi connectivity index (χ3n) is 4.90. The molecule has 0 radical (unpaired) electrons. The first-order valence-corrected chi connectivity index (χ1v) is 8.17. The monoisotopic (exact) mass is 302 g/mol. The number of nitrogens with one attached hydrogen (secondary N) is 1. The molecule has 0 aromatic carbocycles. The Kier molecular flexibility index (Phi) is 7.90. The summed E-state index contributed by atoms with van der Waals surface area (Å²) in [7, 11) is 0. The van der Waals surface area contributed by atoms with E-state index in [4.69, 9.17) is 0 Å². The minimum Gasteiger partial charge on any atom is -0.340 e. The van der Waals surface area contributed by atoms with E-state index in [1.54, 1.807) is 0 Å². The van der Waals surface area contributed by atoms with Gasteiger partial charge in [0.15, 0.2) is 0 Å². The Morgan fingerprint density at radius 3 is 2.55 bits per heavy atom. The highest BCUT2D eigenvalue weighted by Crippen LogP contribution is 2.23. The average molecular weight is 303 g/mol. The van der Waals surface area contributed by atoms with E-state index in [0.717, 1.165) is 38.4 Å². The molecule has 1 amide bonds. The molecule has 2 saturated heterocycles. The van der Waals surface area contributed by atoms with Crippen LogP contribution in [-0.4, -0.2) is 36.5 Å².